The molecule has 0 amide bonds. The zero-order valence-electron chi connectivity index (χ0n) is 8.20. The van der Waals surface area contributed by atoms with Crippen molar-refractivity contribution in [3.63, 3.8) is 0 Å². The second-order valence-electron chi connectivity index (χ2n) is 2.92. The van der Waals surface area contributed by atoms with E-state index in [1.54, 1.807) is 13.0 Å². The Labute approximate surface area is 83.2 Å². The van der Waals surface area contributed by atoms with E-state index in [4.69, 9.17) is 0 Å². The number of aryl methyl sites for hydroxylation is 1. The van der Waals surface area contributed by atoms with Crippen LogP contribution in [-0.4, -0.2) is 31.6 Å². The van der Waals surface area contributed by atoms with Crippen LogP contribution in [0.25, 0.3) is 0 Å². The summed E-state index contributed by atoms with van der Waals surface area (Å²) in [5.74, 6) is -0.296. The minimum absolute atomic E-state index is 0.116. The molecule has 0 aliphatic heterocycles. The van der Waals surface area contributed by atoms with E-state index >= 15 is 0 Å². The molecule has 0 aromatic heterocycles. The summed E-state index contributed by atoms with van der Waals surface area (Å²) >= 11 is 0. The van der Waals surface area contributed by atoms with Gasteiger partial charge in [-0.3, -0.25) is 0 Å². The molecule has 0 heterocycles. The summed E-state index contributed by atoms with van der Waals surface area (Å²) in [6.07, 6.45) is 0. The molecular formula is C10H11BO3. The molecule has 0 radical (unpaired) electrons. The van der Waals surface area contributed by atoms with E-state index in [9.17, 15) is 9.90 Å². The molecule has 1 N–H and O–H groups in total. The van der Waals surface area contributed by atoms with E-state index in [0.717, 1.165) is 0 Å². The quantitative estimate of drug-likeness (QED) is 0.537. The molecule has 0 fully saturated rings. The van der Waals surface area contributed by atoms with Crippen molar-refractivity contribution < 1.29 is 14.6 Å². The van der Waals surface area contributed by atoms with Gasteiger partial charge in [0.2, 0.25) is 0 Å². The van der Waals surface area contributed by atoms with E-state index in [-0.39, 0.29) is 5.75 Å². The van der Waals surface area contributed by atoms with Crippen molar-refractivity contribution in [3.05, 3.63) is 23.3 Å². The van der Waals surface area contributed by atoms with Gasteiger partial charge in [0.25, 0.3) is 0 Å². The number of benzene rings is 1. The van der Waals surface area contributed by atoms with Gasteiger partial charge in [-0.25, -0.2) is 0 Å². The monoisotopic (exact) mass is 190 g/mol. The van der Waals surface area contributed by atoms with Gasteiger partial charge in [0.15, 0.2) is 0 Å². The molecule has 0 aliphatic rings. The summed E-state index contributed by atoms with van der Waals surface area (Å²) < 4.78 is 4.60. The Morgan fingerprint density at radius 3 is 2.71 bits per heavy atom. The van der Waals surface area contributed by atoms with Crippen molar-refractivity contribution in [1.82, 2.24) is 0 Å². The van der Waals surface area contributed by atoms with E-state index in [0.29, 0.717) is 16.6 Å². The molecule has 1 aromatic carbocycles. The molecular weight excluding hydrogens is 179 g/mol. The summed E-state index contributed by atoms with van der Waals surface area (Å²) in [6, 6.07) is 3.08. The number of methoxy groups -OCH3 is 1. The molecule has 0 bridgehead atoms. The van der Waals surface area contributed by atoms with Gasteiger partial charge < -0.3 is 0 Å². The Balaban J connectivity index is 3.30. The molecule has 0 spiro atoms. The van der Waals surface area contributed by atoms with Crippen molar-refractivity contribution in [3.8, 4) is 5.75 Å². The number of phenolic OH excluding ortho intramolecular Hbond substituents is 1. The second kappa shape index (κ2) is 4.09. The van der Waals surface area contributed by atoms with Crippen LogP contribution < -0.4 is 5.46 Å². The predicted octanol–water partition coefficient (Wildman–Crippen LogP) is 0.249. The van der Waals surface area contributed by atoms with Crippen molar-refractivity contribution >= 4 is 24.8 Å². The number of esters is 1. The number of rotatable bonds is 2. The summed E-state index contributed by atoms with van der Waals surface area (Å²) in [5.41, 5.74) is 1.65. The van der Waals surface area contributed by atoms with Crippen LogP contribution in [0, 0.1) is 6.92 Å². The Kier molecular flexibility index (Phi) is 3.07. The van der Waals surface area contributed by atoms with E-state index in [1.807, 2.05) is 0 Å². The second-order valence-corrected chi connectivity index (χ2v) is 2.92. The van der Waals surface area contributed by atoms with Crippen molar-refractivity contribution in [2.45, 2.75) is 6.92 Å². The SMILES string of the molecule is C=Bc1cc(C(=O)OC)c(C)cc1O. The summed E-state index contributed by atoms with van der Waals surface area (Å²) in [7, 11) is 1.32. The number of hydrogen-bond acceptors (Lipinski definition) is 3. The van der Waals surface area contributed by atoms with Crippen LogP contribution in [-0.2, 0) is 4.74 Å². The topological polar surface area (TPSA) is 46.5 Å². The fourth-order valence-corrected chi connectivity index (χ4v) is 1.20. The first-order chi connectivity index (χ1) is 6.60. The van der Waals surface area contributed by atoms with Gasteiger partial charge in [0.1, 0.15) is 0 Å². The molecule has 0 atom stereocenters. The first-order valence-electron chi connectivity index (χ1n) is 4.14. The van der Waals surface area contributed by atoms with Gasteiger partial charge in [0.05, 0.1) is 0 Å². The number of ether oxygens (including phenoxy) is 1. The Morgan fingerprint density at radius 2 is 2.21 bits per heavy atom. The van der Waals surface area contributed by atoms with Gasteiger partial charge in [-0.1, -0.05) is 0 Å². The van der Waals surface area contributed by atoms with E-state index < -0.39 is 5.97 Å². The zero-order chi connectivity index (χ0) is 10.7. The number of carbonyl (C=O) groups is 1. The van der Waals surface area contributed by atoms with Crippen LogP contribution in [0.4, 0.5) is 0 Å². The molecule has 0 aliphatic carbocycles. The fourth-order valence-electron chi connectivity index (χ4n) is 1.20. The zero-order valence-corrected chi connectivity index (χ0v) is 8.20. The van der Waals surface area contributed by atoms with E-state index in [1.165, 1.54) is 20.1 Å². The van der Waals surface area contributed by atoms with Crippen LogP contribution in [0.15, 0.2) is 12.1 Å². The predicted molar refractivity (Wildman–Crippen MR) is 56.7 cm³/mol. The first kappa shape index (κ1) is 10.5. The number of carbonyl (C=O) groups excluding carboxylic acids is 1. The van der Waals surface area contributed by atoms with Crippen LogP contribution in [0.5, 0.6) is 5.75 Å². The third-order valence-electron chi connectivity index (χ3n) is 2.00. The summed E-state index contributed by atoms with van der Waals surface area (Å²) in [4.78, 5) is 11.3. The van der Waals surface area contributed by atoms with Gasteiger partial charge in [-0.15, -0.1) is 0 Å². The van der Waals surface area contributed by atoms with Crippen LogP contribution in [0.3, 0.4) is 0 Å². The normalized spacial score (nSPS) is 9.29. The third-order valence-corrected chi connectivity index (χ3v) is 2.00. The molecule has 4 heteroatoms. The first-order valence-corrected chi connectivity index (χ1v) is 4.14. The molecule has 1 rings (SSSR count). The molecule has 3 nitrogen and oxygen atoms in total. The molecule has 0 saturated carbocycles. The molecule has 0 unspecified atom stereocenters. The Bertz CT molecular complexity index is 385. The van der Waals surface area contributed by atoms with Crippen molar-refractivity contribution in [1.29, 1.82) is 0 Å². The summed E-state index contributed by atoms with van der Waals surface area (Å²) in [6.45, 7) is 6.76. The maximum atomic E-state index is 11.3. The van der Waals surface area contributed by atoms with Crippen LogP contribution >= 0.6 is 0 Å². The van der Waals surface area contributed by atoms with Gasteiger partial charge in [0, 0.05) is 0 Å². The van der Waals surface area contributed by atoms with Crippen molar-refractivity contribution in [2.24, 2.45) is 0 Å². The van der Waals surface area contributed by atoms with E-state index in [2.05, 4.69) is 11.2 Å². The maximum absolute atomic E-state index is 11.3. The number of aromatic hydroxyl groups is 1. The standard InChI is InChI=1S/C10H11BO3/c1-6-4-9(12)8(11-2)5-7(6)10(13)14-3/h4-5,12H,2H2,1,3H3. The fraction of sp³-hybridized carbons (Fsp3) is 0.200. The minimum atomic E-state index is -0.411. The number of hydrogen-bond donors (Lipinski definition) is 1. The number of phenols is 1. The molecule has 1 aromatic rings. The Morgan fingerprint density at radius 1 is 1.57 bits per heavy atom. The van der Waals surface area contributed by atoms with Gasteiger partial charge >= 0.3 is 82.5 Å². The molecule has 14 heavy (non-hydrogen) atoms. The summed E-state index contributed by atoms with van der Waals surface area (Å²) in [5, 5.41) is 9.45. The van der Waals surface area contributed by atoms with Crippen LogP contribution in [0.2, 0.25) is 0 Å². The Hall–Kier alpha value is -1.58. The van der Waals surface area contributed by atoms with Gasteiger partial charge in [-0.05, 0) is 0 Å². The molecule has 0 saturated heterocycles. The average molecular weight is 190 g/mol. The third kappa shape index (κ3) is 1.84. The average Bonchev–Trinajstić information content (AvgIpc) is 2.17. The van der Waals surface area contributed by atoms with Crippen molar-refractivity contribution in [2.75, 3.05) is 7.11 Å². The van der Waals surface area contributed by atoms with Gasteiger partial charge in [-0.2, -0.15) is 0 Å². The van der Waals surface area contributed by atoms with Crippen LogP contribution in [0.1, 0.15) is 15.9 Å². The molecule has 72 valence electrons.